The van der Waals surface area contributed by atoms with Crippen molar-refractivity contribution in [1.82, 2.24) is 14.8 Å². The van der Waals surface area contributed by atoms with E-state index in [9.17, 15) is 4.79 Å². The summed E-state index contributed by atoms with van der Waals surface area (Å²) in [6.45, 7) is 1.77. The van der Waals surface area contributed by atoms with Crippen molar-refractivity contribution >= 4 is 5.91 Å². The Morgan fingerprint density at radius 2 is 2.08 bits per heavy atom. The van der Waals surface area contributed by atoms with Gasteiger partial charge in [0, 0.05) is 19.3 Å². The van der Waals surface area contributed by atoms with Crippen LogP contribution in [0.3, 0.4) is 0 Å². The predicted octanol–water partition coefficient (Wildman–Crippen LogP) is 2.89. The Bertz CT molecular complexity index is 686. The van der Waals surface area contributed by atoms with Crippen molar-refractivity contribution in [3.05, 3.63) is 59.9 Å². The van der Waals surface area contributed by atoms with Crippen molar-refractivity contribution in [3.8, 4) is 5.75 Å². The van der Waals surface area contributed by atoms with Gasteiger partial charge in [0.05, 0.1) is 12.2 Å². The minimum Gasteiger partial charge on any atom is -0.482 e. The molecule has 5 nitrogen and oxygen atoms in total. The highest BCUT2D eigenvalue weighted by molar-refractivity contribution is 5.78. The quantitative estimate of drug-likeness (QED) is 0.812. The third-order valence-corrected chi connectivity index (χ3v) is 4.43. The zero-order valence-corrected chi connectivity index (χ0v) is 14.9. The standard InChI is InChI=1S/C20H25N3O2/c1-22(2)14-16-7-9-17(10-8-16)19-6-4-12-23(19)20(24)15-25-18-5-3-11-21-13-18/h3,5,7-11,13,19H,4,6,12,14-15H2,1-2H3/t19-/m0/s1. The monoisotopic (exact) mass is 339 g/mol. The fraction of sp³-hybridized carbons (Fsp3) is 0.400. The van der Waals surface area contributed by atoms with Gasteiger partial charge in [-0.1, -0.05) is 24.3 Å². The number of hydrogen-bond acceptors (Lipinski definition) is 4. The van der Waals surface area contributed by atoms with E-state index < -0.39 is 0 Å². The summed E-state index contributed by atoms with van der Waals surface area (Å²) in [4.78, 5) is 20.7. The predicted molar refractivity (Wildman–Crippen MR) is 97.3 cm³/mol. The van der Waals surface area contributed by atoms with Crippen molar-refractivity contribution in [3.63, 3.8) is 0 Å². The van der Waals surface area contributed by atoms with Crippen molar-refractivity contribution in [1.29, 1.82) is 0 Å². The summed E-state index contributed by atoms with van der Waals surface area (Å²) in [6.07, 6.45) is 5.35. The molecule has 1 amide bonds. The molecule has 0 radical (unpaired) electrons. The summed E-state index contributed by atoms with van der Waals surface area (Å²) in [5.41, 5.74) is 2.49. The molecule has 0 aliphatic carbocycles. The summed E-state index contributed by atoms with van der Waals surface area (Å²) in [5, 5.41) is 0. The lowest BCUT2D eigenvalue weighted by molar-refractivity contribution is -0.134. The Morgan fingerprint density at radius 1 is 1.28 bits per heavy atom. The van der Waals surface area contributed by atoms with Crippen LogP contribution in [0.25, 0.3) is 0 Å². The number of amides is 1. The van der Waals surface area contributed by atoms with Gasteiger partial charge in [-0.15, -0.1) is 0 Å². The van der Waals surface area contributed by atoms with Crippen molar-refractivity contribution in [2.75, 3.05) is 27.2 Å². The second kappa shape index (κ2) is 8.12. The van der Waals surface area contributed by atoms with Crippen molar-refractivity contribution in [2.45, 2.75) is 25.4 Å². The highest BCUT2D eigenvalue weighted by Crippen LogP contribution is 2.32. The summed E-state index contributed by atoms with van der Waals surface area (Å²) < 4.78 is 5.57. The molecule has 1 aliphatic heterocycles. The minimum absolute atomic E-state index is 0.0312. The maximum atomic E-state index is 12.6. The molecule has 0 spiro atoms. The van der Waals surface area contributed by atoms with E-state index in [4.69, 9.17) is 4.74 Å². The number of pyridine rings is 1. The molecule has 1 saturated heterocycles. The molecule has 0 bridgehead atoms. The smallest absolute Gasteiger partial charge is 0.261 e. The van der Waals surface area contributed by atoms with Crippen LogP contribution >= 0.6 is 0 Å². The zero-order chi connectivity index (χ0) is 17.6. The number of hydrogen-bond donors (Lipinski definition) is 0. The Kier molecular flexibility index (Phi) is 5.66. The topological polar surface area (TPSA) is 45.7 Å². The van der Waals surface area contributed by atoms with E-state index in [-0.39, 0.29) is 18.6 Å². The molecule has 1 aliphatic rings. The molecule has 1 atom stereocenters. The first-order chi connectivity index (χ1) is 12.1. The first-order valence-electron chi connectivity index (χ1n) is 8.69. The fourth-order valence-corrected chi connectivity index (χ4v) is 3.28. The zero-order valence-electron chi connectivity index (χ0n) is 14.9. The largest absolute Gasteiger partial charge is 0.482 e. The summed E-state index contributed by atoms with van der Waals surface area (Å²) in [5.74, 6) is 0.656. The second-order valence-corrected chi connectivity index (χ2v) is 6.70. The number of likely N-dealkylation sites (tertiary alicyclic amines) is 1. The Balaban J connectivity index is 1.62. The third kappa shape index (κ3) is 4.57. The molecule has 2 heterocycles. The van der Waals surface area contributed by atoms with Gasteiger partial charge < -0.3 is 14.5 Å². The number of ether oxygens (including phenoxy) is 1. The van der Waals surface area contributed by atoms with E-state index in [0.29, 0.717) is 5.75 Å². The molecule has 1 aromatic heterocycles. The van der Waals surface area contributed by atoms with Crippen LogP contribution in [0.2, 0.25) is 0 Å². The number of carbonyl (C=O) groups is 1. The van der Waals surface area contributed by atoms with Gasteiger partial charge in [0.2, 0.25) is 0 Å². The highest BCUT2D eigenvalue weighted by Gasteiger charge is 2.30. The van der Waals surface area contributed by atoms with Gasteiger partial charge in [0.1, 0.15) is 5.75 Å². The molecule has 0 unspecified atom stereocenters. The average molecular weight is 339 g/mol. The molecular weight excluding hydrogens is 314 g/mol. The molecule has 3 rings (SSSR count). The Hall–Kier alpha value is -2.40. The van der Waals surface area contributed by atoms with Crippen LogP contribution in [0.1, 0.15) is 30.0 Å². The molecule has 25 heavy (non-hydrogen) atoms. The molecule has 132 valence electrons. The Morgan fingerprint density at radius 3 is 2.76 bits per heavy atom. The average Bonchev–Trinajstić information content (AvgIpc) is 3.10. The van der Waals surface area contributed by atoms with Crippen LogP contribution in [-0.2, 0) is 11.3 Å². The maximum Gasteiger partial charge on any atom is 0.261 e. The lowest BCUT2D eigenvalue weighted by atomic mass is 10.0. The van der Waals surface area contributed by atoms with Gasteiger partial charge in [-0.2, -0.15) is 0 Å². The maximum absolute atomic E-state index is 12.6. The van der Waals surface area contributed by atoms with E-state index >= 15 is 0 Å². The van der Waals surface area contributed by atoms with Crippen LogP contribution in [0, 0.1) is 0 Å². The van der Waals surface area contributed by atoms with E-state index in [1.54, 1.807) is 18.5 Å². The number of aromatic nitrogens is 1. The van der Waals surface area contributed by atoms with Gasteiger partial charge in [-0.25, -0.2) is 0 Å². The number of carbonyl (C=O) groups excluding carboxylic acids is 1. The number of benzene rings is 1. The van der Waals surface area contributed by atoms with Crippen molar-refractivity contribution < 1.29 is 9.53 Å². The van der Waals surface area contributed by atoms with Gasteiger partial charge in [0.15, 0.2) is 6.61 Å². The van der Waals surface area contributed by atoms with Gasteiger partial charge in [-0.3, -0.25) is 9.78 Å². The van der Waals surface area contributed by atoms with Crippen LogP contribution in [0.15, 0.2) is 48.8 Å². The van der Waals surface area contributed by atoms with Gasteiger partial charge >= 0.3 is 0 Å². The van der Waals surface area contributed by atoms with Crippen LogP contribution in [0.5, 0.6) is 5.75 Å². The molecule has 0 N–H and O–H groups in total. The SMILES string of the molecule is CN(C)Cc1ccc([C@@H]2CCCN2C(=O)COc2cccnc2)cc1. The highest BCUT2D eigenvalue weighted by atomic mass is 16.5. The molecular formula is C20H25N3O2. The summed E-state index contributed by atoms with van der Waals surface area (Å²) >= 11 is 0. The van der Waals surface area contributed by atoms with Crippen LogP contribution in [0.4, 0.5) is 0 Å². The fourth-order valence-electron chi connectivity index (χ4n) is 3.28. The van der Waals surface area contributed by atoms with Gasteiger partial charge in [0.25, 0.3) is 5.91 Å². The minimum atomic E-state index is 0.0312. The van der Waals surface area contributed by atoms with E-state index in [0.717, 1.165) is 25.9 Å². The first kappa shape index (κ1) is 17.4. The van der Waals surface area contributed by atoms with Gasteiger partial charge in [-0.05, 0) is 50.2 Å². The second-order valence-electron chi connectivity index (χ2n) is 6.70. The molecule has 1 aromatic carbocycles. The molecule has 5 heteroatoms. The van der Waals surface area contributed by atoms with Crippen molar-refractivity contribution in [2.24, 2.45) is 0 Å². The normalized spacial score (nSPS) is 17.1. The Labute approximate surface area is 149 Å². The third-order valence-electron chi connectivity index (χ3n) is 4.43. The van der Waals surface area contributed by atoms with Crippen LogP contribution in [-0.4, -0.2) is 47.9 Å². The molecule has 1 fully saturated rings. The van der Waals surface area contributed by atoms with E-state index in [1.807, 2.05) is 11.0 Å². The lowest BCUT2D eigenvalue weighted by Crippen LogP contribution is -2.34. The number of nitrogens with zero attached hydrogens (tertiary/aromatic N) is 3. The van der Waals surface area contributed by atoms with E-state index in [1.165, 1.54) is 11.1 Å². The summed E-state index contributed by atoms with van der Waals surface area (Å²) in [6, 6.07) is 12.4. The summed E-state index contributed by atoms with van der Waals surface area (Å²) in [7, 11) is 4.13. The lowest BCUT2D eigenvalue weighted by Gasteiger charge is -2.25. The molecule has 0 saturated carbocycles. The van der Waals surface area contributed by atoms with Crippen LogP contribution < -0.4 is 4.74 Å². The number of rotatable bonds is 6. The first-order valence-corrected chi connectivity index (χ1v) is 8.69. The van der Waals surface area contributed by atoms with E-state index in [2.05, 4.69) is 48.2 Å². The molecule has 2 aromatic rings.